The molecule has 0 aromatic rings. The van der Waals surface area contributed by atoms with E-state index < -0.39 is 202 Å². The maximum absolute atomic E-state index is 14.3. The number of allylic oxidation sites excluding steroid dienone is 3. The largest absolute Gasteiger partial charge is 0.394 e. The summed E-state index contributed by atoms with van der Waals surface area (Å²) < 4.78 is 60.1. The highest BCUT2D eigenvalue weighted by Gasteiger charge is 2.70. The van der Waals surface area contributed by atoms with Crippen molar-refractivity contribution >= 4 is 5.78 Å². The monoisotopic (exact) mass is 1190 g/mol. The van der Waals surface area contributed by atoms with Gasteiger partial charge in [0.25, 0.3) is 0 Å². The number of hydrogen-bond acceptors (Lipinski definition) is 25. The average Bonchev–Trinajstić information content (AvgIpc) is 3.97. The zero-order valence-electron chi connectivity index (χ0n) is 48.8. The molecule has 0 bridgehead atoms. The highest BCUT2D eigenvalue weighted by Crippen LogP contribution is 2.73. The number of rotatable bonds is 17. The number of Topliss-reactive ketones (excluding diaryl/α,β-unsaturated/α-hetero) is 1. The lowest BCUT2D eigenvalue weighted by molar-refractivity contribution is -0.390. The van der Waals surface area contributed by atoms with Gasteiger partial charge < -0.3 is 119 Å². The van der Waals surface area contributed by atoms with E-state index in [1.165, 1.54) is 12.5 Å². The second kappa shape index (κ2) is 24.9. The molecule has 0 amide bonds. The molecule has 9 aliphatic rings. The molecule has 0 aromatic carbocycles. The van der Waals surface area contributed by atoms with Gasteiger partial charge in [-0.2, -0.15) is 0 Å². The molecule has 5 aliphatic heterocycles. The first-order valence-electron chi connectivity index (χ1n) is 29.6. The van der Waals surface area contributed by atoms with E-state index in [1.807, 2.05) is 13.8 Å². The maximum atomic E-state index is 14.3. The SMILES string of the molecule is C=C(C)CCC[C@](C)(O)[C@H]1C(=O)C[C@@]2(C)[C@@H]3CC[C@H]4C(C)(C)[C@@H](O[C@@H]5OC[C@@H](O[C@@H]6O[C@H](CO)[C@@H](O)[C@H](O)[C@H]6O)[C@H](O)[C@H]5O[C@@H]5O[C@H](C)[C@@H](O[C@@H]6OC[C@@H](O)[C@H](O[C@@H]7O[C@H](CO)[C@@H](O)[C@H](O)[C@H]7O)[C@H]6O)[C@H](O)[C@H]5O)CC[C@]4(C)C3=CC[C@]12C. The minimum absolute atomic E-state index is 0.0541. The van der Waals surface area contributed by atoms with Crippen LogP contribution in [-0.4, -0.2) is 257 Å². The molecule has 25 heteroatoms. The fraction of sp³-hybridized carbons (Fsp3) is 0.914. The fourth-order valence-electron chi connectivity index (χ4n) is 16.4. The van der Waals surface area contributed by atoms with Gasteiger partial charge in [-0.05, 0) is 106 Å². The van der Waals surface area contributed by atoms with Crippen LogP contribution < -0.4 is 0 Å². The number of fused-ring (bicyclic) bond motifs is 5. The van der Waals surface area contributed by atoms with E-state index in [-0.39, 0.29) is 23.0 Å². The first kappa shape index (κ1) is 65.6. The molecule has 5 heterocycles. The summed E-state index contributed by atoms with van der Waals surface area (Å²) in [5.41, 5.74) is -0.571. The van der Waals surface area contributed by atoms with E-state index in [4.69, 9.17) is 47.4 Å². The van der Waals surface area contributed by atoms with Gasteiger partial charge in [-0.25, -0.2) is 0 Å². The van der Waals surface area contributed by atoms with Gasteiger partial charge in [0.15, 0.2) is 31.5 Å². The number of hydrogen-bond donors (Lipinski definition) is 14. The molecule has 25 nitrogen and oxygen atoms in total. The summed E-state index contributed by atoms with van der Waals surface area (Å²) in [7, 11) is 0. The van der Waals surface area contributed by atoms with Gasteiger partial charge >= 0.3 is 0 Å². The topological polar surface area (TPSA) is 393 Å². The Morgan fingerprint density at radius 3 is 1.83 bits per heavy atom. The van der Waals surface area contributed by atoms with E-state index in [2.05, 4.69) is 47.3 Å². The lowest BCUT2D eigenvalue weighted by Gasteiger charge is -2.64. The molecule has 31 atom stereocenters. The molecule has 0 unspecified atom stereocenters. The number of ketones is 1. The smallest absolute Gasteiger partial charge is 0.187 e. The summed E-state index contributed by atoms with van der Waals surface area (Å²) >= 11 is 0. The summed E-state index contributed by atoms with van der Waals surface area (Å²) in [6, 6.07) is 0. The molecule has 83 heavy (non-hydrogen) atoms. The number of carbonyl (C=O) groups is 1. The van der Waals surface area contributed by atoms with Crippen LogP contribution in [0.4, 0.5) is 0 Å². The Labute approximate surface area is 484 Å². The summed E-state index contributed by atoms with van der Waals surface area (Å²) in [4.78, 5) is 14.3. The highest BCUT2D eigenvalue weighted by molar-refractivity contribution is 5.87. The molecular weight excluding hydrogens is 1100 g/mol. The molecule has 476 valence electrons. The van der Waals surface area contributed by atoms with Crippen molar-refractivity contribution in [2.75, 3.05) is 26.4 Å². The molecular formula is C58H94O25. The maximum Gasteiger partial charge on any atom is 0.187 e. The van der Waals surface area contributed by atoms with Crippen molar-refractivity contribution < 1.29 is 124 Å². The summed E-state index contributed by atoms with van der Waals surface area (Å²) in [6.07, 6.45) is -30.4. The summed E-state index contributed by atoms with van der Waals surface area (Å²) in [6.45, 7) is 17.9. The minimum Gasteiger partial charge on any atom is -0.394 e. The second-order valence-corrected chi connectivity index (χ2v) is 27.0. The van der Waals surface area contributed by atoms with Gasteiger partial charge in [-0.15, -0.1) is 6.58 Å². The molecule has 3 saturated carbocycles. The van der Waals surface area contributed by atoms with Crippen molar-refractivity contribution in [3.8, 4) is 0 Å². The Morgan fingerprint density at radius 1 is 0.651 bits per heavy atom. The molecule has 8 fully saturated rings. The number of carbonyl (C=O) groups excluding carboxylic acids is 1. The van der Waals surface area contributed by atoms with Crippen LogP contribution in [-0.2, 0) is 52.2 Å². The Kier molecular flexibility index (Phi) is 19.7. The quantitative estimate of drug-likeness (QED) is 0.0556. The molecule has 0 aromatic heterocycles. The number of aliphatic hydroxyl groups is 14. The normalized spacial score (nSPS) is 51.7. The average molecular weight is 1190 g/mol. The highest BCUT2D eigenvalue weighted by atomic mass is 16.8. The third-order valence-electron chi connectivity index (χ3n) is 21.2. The van der Waals surface area contributed by atoms with Crippen LogP contribution in [0, 0.1) is 39.4 Å². The second-order valence-electron chi connectivity index (χ2n) is 27.0. The predicted molar refractivity (Wildman–Crippen MR) is 284 cm³/mol. The minimum atomic E-state index is -1.96. The van der Waals surface area contributed by atoms with E-state index in [0.717, 1.165) is 31.3 Å². The van der Waals surface area contributed by atoms with Crippen LogP contribution >= 0.6 is 0 Å². The van der Waals surface area contributed by atoms with Crippen molar-refractivity contribution in [3.63, 3.8) is 0 Å². The lowest BCUT2D eigenvalue weighted by atomic mass is 9.41. The van der Waals surface area contributed by atoms with Gasteiger partial charge in [0.1, 0.15) is 110 Å². The van der Waals surface area contributed by atoms with Gasteiger partial charge in [0, 0.05) is 6.42 Å². The van der Waals surface area contributed by atoms with E-state index in [1.54, 1.807) is 0 Å². The molecule has 5 saturated heterocycles. The Balaban J connectivity index is 0.918. The zero-order chi connectivity index (χ0) is 60.8. The van der Waals surface area contributed by atoms with E-state index in [9.17, 15) is 76.3 Å². The Morgan fingerprint density at radius 2 is 1.22 bits per heavy atom. The van der Waals surface area contributed by atoms with Crippen LogP contribution in [0.1, 0.15) is 113 Å². The lowest BCUT2D eigenvalue weighted by Crippen LogP contribution is -2.66. The third kappa shape index (κ3) is 11.8. The van der Waals surface area contributed by atoms with Gasteiger partial charge in [-0.1, -0.05) is 51.8 Å². The molecule has 9 rings (SSSR count). The standard InChI is InChI=1S/C58H94O25/c1-24(2)11-10-16-58(9,73)48-28(61)19-57(8)27-12-13-33-54(4,5)34(15-17-55(33,6)26(27)14-18-56(48,57)7)80-53-47(37(65)32(23-75-53)79-51-41(69)38(66)35(63)30(20-59)77-51)83-50-43(71)40(68)45(25(3)76-50)81-49-44(72)46(29(62)22-74-49)82-52-42(70)39(67)36(64)31(21-60)78-52/h14,25,27,29-53,59-60,62-73H,1,10-13,15-23H2,2-9H3/t25-,27-,29-,30-,31-,32-,33+,34+,35-,36-,37+,38+,39+,40-,41-,42-,43-,44-,45-,46+,47-,48+,49+,50+,51+,52+,53+,55-,56-,57+,58+/m1/s1. The van der Waals surface area contributed by atoms with Gasteiger partial charge in [-0.3, -0.25) is 4.79 Å². The van der Waals surface area contributed by atoms with Crippen LogP contribution in [0.3, 0.4) is 0 Å². The van der Waals surface area contributed by atoms with Crippen LogP contribution in [0.2, 0.25) is 0 Å². The van der Waals surface area contributed by atoms with Crippen LogP contribution in [0.25, 0.3) is 0 Å². The molecule has 0 spiro atoms. The molecule has 0 radical (unpaired) electrons. The molecule has 4 aliphatic carbocycles. The van der Waals surface area contributed by atoms with Gasteiger partial charge in [0.05, 0.1) is 50.2 Å². The van der Waals surface area contributed by atoms with Crippen molar-refractivity contribution in [2.24, 2.45) is 39.4 Å². The summed E-state index contributed by atoms with van der Waals surface area (Å²) in [5, 5.41) is 153. The first-order chi connectivity index (χ1) is 38.9. The van der Waals surface area contributed by atoms with Crippen LogP contribution in [0.15, 0.2) is 23.8 Å². The number of aliphatic hydroxyl groups excluding tert-OH is 13. The summed E-state index contributed by atoms with van der Waals surface area (Å²) in [5.74, 6) is -0.260. The van der Waals surface area contributed by atoms with Crippen LogP contribution in [0.5, 0.6) is 0 Å². The predicted octanol–water partition coefficient (Wildman–Crippen LogP) is -1.94. The van der Waals surface area contributed by atoms with Gasteiger partial charge in [0.2, 0.25) is 0 Å². The molecule has 14 N–H and O–H groups in total. The van der Waals surface area contributed by atoms with E-state index >= 15 is 0 Å². The fourth-order valence-corrected chi connectivity index (χ4v) is 16.4. The number of ether oxygens (including phenoxy) is 10. The first-order valence-corrected chi connectivity index (χ1v) is 29.6. The van der Waals surface area contributed by atoms with Crippen molar-refractivity contribution in [1.82, 2.24) is 0 Å². The van der Waals surface area contributed by atoms with Crippen molar-refractivity contribution in [1.29, 1.82) is 0 Å². The van der Waals surface area contributed by atoms with E-state index in [0.29, 0.717) is 32.1 Å². The third-order valence-corrected chi connectivity index (χ3v) is 21.2. The Bertz CT molecular complexity index is 2290. The van der Waals surface area contributed by atoms with Crippen molar-refractivity contribution in [3.05, 3.63) is 23.8 Å². The van der Waals surface area contributed by atoms with Crippen molar-refractivity contribution in [2.45, 2.75) is 266 Å². The Hall–Kier alpha value is -1.81. The zero-order valence-corrected chi connectivity index (χ0v) is 48.8.